The maximum absolute atomic E-state index is 12.7. The Balaban J connectivity index is 2.19. The molecule has 1 amide bonds. The minimum Gasteiger partial charge on any atom is -0.351 e. The molecular formula is C14H21FN2O. The molecule has 0 atom stereocenters. The van der Waals surface area contributed by atoms with Gasteiger partial charge in [-0.2, -0.15) is 0 Å². The molecule has 0 aliphatic rings. The molecular weight excluding hydrogens is 231 g/mol. The molecule has 0 radical (unpaired) electrons. The van der Waals surface area contributed by atoms with Gasteiger partial charge in [0.2, 0.25) is 5.91 Å². The zero-order chi connectivity index (χ0) is 13.6. The third kappa shape index (κ3) is 6.35. The summed E-state index contributed by atoms with van der Waals surface area (Å²) in [7, 11) is 0. The lowest BCUT2D eigenvalue weighted by atomic mass is 10.1. The summed E-state index contributed by atoms with van der Waals surface area (Å²) in [5, 5.41) is 6.05. The highest BCUT2D eigenvalue weighted by Gasteiger charge is 2.12. The van der Waals surface area contributed by atoms with Crippen LogP contribution in [0.2, 0.25) is 0 Å². The molecule has 0 heterocycles. The fourth-order valence-electron chi connectivity index (χ4n) is 1.52. The number of rotatable bonds is 5. The van der Waals surface area contributed by atoms with Crippen molar-refractivity contribution in [3.63, 3.8) is 0 Å². The first-order valence-corrected chi connectivity index (χ1v) is 6.13. The number of carbonyl (C=O) groups excluding carboxylic acids is 1. The highest BCUT2D eigenvalue weighted by atomic mass is 19.1. The van der Waals surface area contributed by atoms with Gasteiger partial charge in [-0.1, -0.05) is 12.1 Å². The second-order valence-corrected chi connectivity index (χ2v) is 5.35. The molecule has 0 bridgehead atoms. The lowest BCUT2D eigenvalue weighted by Crippen LogP contribution is -2.41. The van der Waals surface area contributed by atoms with Crippen molar-refractivity contribution in [3.05, 3.63) is 35.6 Å². The summed E-state index contributed by atoms with van der Waals surface area (Å²) in [4.78, 5) is 11.5. The van der Waals surface area contributed by atoms with E-state index in [9.17, 15) is 9.18 Å². The van der Waals surface area contributed by atoms with Crippen molar-refractivity contribution in [1.82, 2.24) is 10.6 Å². The smallest absolute Gasteiger partial charge is 0.221 e. The molecule has 4 heteroatoms. The van der Waals surface area contributed by atoms with Crippen molar-refractivity contribution in [1.29, 1.82) is 0 Å². The van der Waals surface area contributed by atoms with Crippen LogP contribution in [-0.4, -0.2) is 18.0 Å². The standard InChI is InChI=1S/C14H21FN2O/c1-14(2,3)17-13(18)8-9-16-10-11-4-6-12(15)7-5-11/h4-7,16H,8-10H2,1-3H3,(H,17,18). The van der Waals surface area contributed by atoms with Gasteiger partial charge in [-0.25, -0.2) is 4.39 Å². The molecule has 1 aromatic rings. The van der Waals surface area contributed by atoms with Gasteiger partial charge >= 0.3 is 0 Å². The van der Waals surface area contributed by atoms with Gasteiger partial charge in [0.25, 0.3) is 0 Å². The van der Waals surface area contributed by atoms with Gasteiger partial charge in [0.05, 0.1) is 0 Å². The molecule has 1 rings (SSSR count). The second kappa shape index (κ2) is 6.50. The predicted molar refractivity (Wildman–Crippen MR) is 70.6 cm³/mol. The lowest BCUT2D eigenvalue weighted by Gasteiger charge is -2.20. The zero-order valence-electron chi connectivity index (χ0n) is 11.2. The van der Waals surface area contributed by atoms with E-state index < -0.39 is 0 Å². The Hall–Kier alpha value is -1.42. The van der Waals surface area contributed by atoms with Gasteiger partial charge in [0.15, 0.2) is 0 Å². The first-order chi connectivity index (χ1) is 8.37. The van der Waals surface area contributed by atoms with Gasteiger partial charge in [0.1, 0.15) is 5.82 Å². The molecule has 2 N–H and O–H groups in total. The zero-order valence-corrected chi connectivity index (χ0v) is 11.2. The topological polar surface area (TPSA) is 41.1 Å². The summed E-state index contributed by atoms with van der Waals surface area (Å²) in [6, 6.07) is 6.34. The van der Waals surface area contributed by atoms with Crippen molar-refractivity contribution < 1.29 is 9.18 Å². The van der Waals surface area contributed by atoms with Crippen molar-refractivity contribution in [2.24, 2.45) is 0 Å². The Morgan fingerprint density at radius 3 is 2.39 bits per heavy atom. The van der Waals surface area contributed by atoms with Crippen molar-refractivity contribution in [2.75, 3.05) is 6.54 Å². The summed E-state index contributed by atoms with van der Waals surface area (Å²) in [5.74, 6) is -0.197. The molecule has 3 nitrogen and oxygen atoms in total. The summed E-state index contributed by atoms with van der Waals surface area (Å²) < 4.78 is 12.7. The Bertz CT molecular complexity index is 382. The highest BCUT2D eigenvalue weighted by Crippen LogP contribution is 2.02. The lowest BCUT2D eigenvalue weighted by molar-refractivity contribution is -0.122. The molecule has 1 aromatic carbocycles. The molecule has 0 aliphatic heterocycles. The maximum atomic E-state index is 12.7. The number of hydrogen-bond acceptors (Lipinski definition) is 2. The van der Waals surface area contributed by atoms with Gasteiger partial charge in [0, 0.05) is 25.0 Å². The van der Waals surface area contributed by atoms with E-state index in [4.69, 9.17) is 0 Å². The molecule has 18 heavy (non-hydrogen) atoms. The molecule has 0 unspecified atom stereocenters. The Kier molecular flexibility index (Phi) is 5.28. The monoisotopic (exact) mass is 252 g/mol. The second-order valence-electron chi connectivity index (χ2n) is 5.35. The van der Waals surface area contributed by atoms with Crippen LogP contribution in [0.3, 0.4) is 0 Å². The number of carbonyl (C=O) groups is 1. The average Bonchev–Trinajstić information content (AvgIpc) is 2.24. The first kappa shape index (κ1) is 14.6. The number of halogens is 1. The van der Waals surface area contributed by atoms with E-state index in [1.54, 1.807) is 12.1 Å². The van der Waals surface area contributed by atoms with E-state index in [2.05, 4.69) is 10.6 Å². The van der Waals surface area contributed by atoms with E-state index in [1.807, 2.05) is 20.8 Å². The van der Waals surface area contributed by atoms with Crippen LogP contribution in [0.15, 0.2) is 24.3 Å². The minimum absolute atomic E-state index is 0.0362. The summed E-state index contributed by atoms with van der Waals surface area (Å²) >= 11 is 0. The van der Waals surface area contributed by atoms with Crippen LogP contribution in [-0.2, 0) is 11.3 Å². The van der Waals surface area contributed by atoms with Crippen LogP contribution in [0.4, 0.5) is 4.39 Å². The van der Waals surface area contributed by atoms with Crippen LogP contribution in [0.1, 0.15) is 32.8 Å². The van der Waals surface area contributed by atoms with Crippen LogP contribution in [0.25, 0.3) is 0 Å². The normalized spacial score (nSPS) is 11.3. The Morgan fingerprint density at radius 1 is 1.22 bits per heavy atom. The molecule has 0 spiro atoms. The first-order valence-electron chi connectivity index (χ1n) is 6.13. The fraction of sp³-hybridized carbons (Fsp3) is 0.500. The summed E-state index contributed by atoms with van der Waals surface area (Å²) in [5.41, 5.74) is 0.821. The minimum atomic E-state index is -0.233. The van der Waals surface area contributed by atoms with Crippen molar-refractivity contribution in [3.8, 4) is 0 Å². The van der Waals surface area contributed by atoms with E-state index >= 15 is 0 Å². The molecule has 100 valence electrons. The van der Waals surface area contributed by atoms with E-state index in [0.29, 0.717) is 19.5 Å². The molecule has 0 aromatic heterocycles. The van der Waals surface area contributed by atoms with Gasteiger partial charge in [-0.15, -0.1) is 0 Å². The highest BCUT2D eigenvalue weighted by molar-refractivity contribution is 5.76. The third-order valence-corrected chi connectivity index (χ3v) is 2.29. The number of amides is 1. The van der Waals surface area contributed by atoms with E-state index in [0.717, 1.165) is 5.56 Å². The molecule has 0 saturated carbocycles. The van der Waals surface area contributed by atoms with Crippen LogP contribution in [0.5, 0.6) is 0 Å². The van der Waals surface area contributed by atoms with Crippen LogP contribution >= 0.6 is 0 Å². The molecule has 0 saturated heterocycles. The molecule has 0 aliphatic carbocycles. The van der Waals surface area contributed by atoms with Gasteiger partial charge in [-0.3, -0.25) is 4.79 Å². The summed E-state index contributed by atoms with van der Waals surface area (Å²) in [6.07, 6.45) is 0.443. The van der Waals surface area contributed by atoms with E-state index in [-0.39, 0.29) is 17.3 Å². The average molecular weight is 252 g/mol. The van der Waals surface area contributed by atoms with Gasteiger partial charge in [-0.05, 0) is 38.5 Å². The molecule has 0 fully saturated rings. The number of benzene rings is 1. The summed E-state index contributed by atoms with van der Waals surface area (Å²) in [6.45, 7) is 7.12. The van der Waals surface area contributed by atoms with Crippen LogP contribution < -0.4 is 10.6 Å². The Labute approximate surface area is 108 Å². The number of hydrogen-bond donors (Lipinski definition) is 2. The largest absolute Gasteiger partial charge is 0.351 e. The Morgan fingerprint density at radius 2 is 1.83 bits per heavy atom. The van der Waals surface area contributed by atoms with E-state index in [1.165, 1.54) is 12.1 Å². The van der Waals surface area contributed by atoms with Crippen molar-refractivity contribution >= 4 is 5.91 Å². The van der Waals surface area contributed by atoms with Gasteiger partial charge < -0.3 is 10.6 Å². The third-order valence-electron chi connectivity index (χ3n) is 2.29. The fourth-order valence-corrected chi connectivity index (χ4v) is 1.52. The SMILES string of the molecule is CC(C)(C)NC(=O)CCNCc1ccc(F)cc1. The predicted octanol–water partition coefficient (Wildman–Crippen LogP) is 2.22. The van der Waals surface area contributed by atoms with Crippen molar-refractivity contribution in [2.45, 2.75) is 39.3 Å². The quantitative estimate of drug-likeness (QED) is 0.789. The van der Waals surface area contributed by atoms with Crippen LogP contribution in [0, 0.1) is 5.82 Å². The number of nitrogens with one attached hydrogen (secondary N) is 2. The maximum Gasteiger partial charge on any atom is 0.221 e.